The molecule has 0 aromatic heterocycles. The van der Waals surface area contributed by atoms with E-state index in [-0.39, 0.29) is 60.1 Å². The Bertz CT molecular complexity index is 642. The molecule has 1 atom stereocenters. The number of hydrogen-bond donors (Lipinski definition) is 0. The quantitative estimate of drug-likeness (QED) is 0.683. The van der Waals surface area contributed by atoms with Crippen molar-refractivity contribution in [2.45, 2.75) is 39.0 Å². The molecule has 0 aromatic rings. The second kappa shape index (κ2) is 6.90. The van der Waals surface area contributed by atoms with Crippen molar-refractivity contribution >= 4 is 29.4 Å². The number of carbonyl (C=O) groups is 5. The van der Waals surface area contributed by atoms with Crippen molar-refractivity contribution in [3.8, 4) is 0 Å². The van der Waals surface area contributed by atoms with Gasteiger partial charge in [-0.2, -0.15) is 0 Å². The normalized spacial score (nSPS) is 29.9. The van der Waals surface area contributed by atoms with Gasteiger partial charge in [-0.15, -0.1) is 0 Å². The summed E-state index contributed by atoms with van der Waals surface area (Å²) in [5, 5.41) is 0. The molecule has 1 unspecified atom stereocenters. The zero-order chi connectivity index (χ0) is 18.1. The van der Waals surface area contributed by atoms with Gasteiger partial charge < -0.3 is 0 Å². The minimum Gasteiger partial charge on any atom is -0.297 e. The third kappa shape index (κ3) is 3.55. The standard InChI is InChI=1S/C18H22N2O5/c1-11-8-17(24)20(18(11)25)10-14(21)13-4-2-12(3-5-13)9-19-15(22)6-7-16(19)23/h6-7,11-13H,2-5,8-10H2,1H3. The van der Waals surface area contributed by atoms with Gasteiger partial charge in [-0.1, -0.05) is 6.92 Å². The fraction of sp³-hybridized carbons (Fsp3) is 0.611. The maximum Gasteiger partial charge on any atom is 0.253 e. The smallest absolute Gasteiger partial charge is 0.253 e. The largest absolute Gasteiger partial charge is 0.297 e. The summed E-state index contributed by atoms with van der Waals surface area (Å²) in [6.45, 7) is 1.97. The third-order valence-electron chi connectivity index (χ3n) is 5.43. The Labute approximate surface area is 146 Å². The molecule has 1 saturated heterocycles. The maximum atomic E-state index is 12.4. The molecule has 1 aliphatic carbocycles. The lowest BCUT2D eigenvalue weighted by atomic mass is 9.79. The molecule has 2 heterocycles. The summed E-state index contributed by atoms with van der Waals surface area (Å²) >= 11 is 0. The Morgan fingerprint density at radius 2 is 1.60 bits per heavy atom. The maximum absolute atomic E-state index is 12.4. The number of ketones is 1. The Hall–Kier alpha value is -2.31. The van der Waals surface area contributed by atoms with Gasteiger partial charge in [0.25, 0.3) is 11.8 Å². The molecule has 2 fully saturated rings. The summed E-state index contributed by atoms with van der Waals surface area (Å²) in [5.74, 6) is -1.43. The van der Waals surface area contributed by atoms with E-state index in [9.17, 15) is 24.0 Å². The van der Waals surface area contributed by atoms with Gasteiger partial charge in [0.2, 0.25) is 11.8 Å². The van der Waals surface area contributed by atoms with Crippen molar-refractivity contribution in [2.75, 3.05) is 13.1 Å². The number of imide groups is 2. The van der Waals surface area contributed by atoms with E-state index < -0.39 is 0 Å². The van der Waals surface area contributed by atoms with E-state index in [1.807, 2.05) is 0 Å². The first-order chi connectivity index (χ1) is 11.9. The van der Waals surface area contributed by atoms with Crippen LogP contribution in [0.2, 0.25) is 0 Å². The van der Waals surface area contributed by atoms with Crippen LogP contribution in [0.5, 0.6) is 0 Å². The fourth-order valence-corrected chi connectivity index (χ4v) is 3.84. The lowest BCUT2D eigenvalue weighted by Crippen LogP contribution is -2.40. The van der Waals surface area contributed by atoms with Crippen LogP contribution in [-0.2, 0) is 24.0 Å². The molecule has 3 aliphatic rings. The summed E-state index contributed by atoms with van der Waals surface area (Å²) in [7, 11) is 0. The van der Waals surface area contributed by atoms with Crippen LogP contribution in [0.15, 0.2) is 12.2 Å². The number of amides is 4. The van der Waals surface area contributed by atoms with Crippen molar-refractivity contribution < 1.29 is 24.0 Å². The minimum atomic E-state index is -0.333. The molecule has 0 radical (unpaired) electrons. The molecule has 0 bridgehead atoms. The summed E-state index contributed by atoms with van der Waals surface area (Å²) in [5.41, 5.74) is 0. The van der Waals surface area contributed by atoms with Gasteiger partial charge in [0.05, 0.1) is 6.54 Å². The number of rotatable bonds is 5. The van der Waals surface area contributed by atoms with Gasteiger partial charge in [-0.05, 0) is 31.6 Å². The monoisotopic (exact) mass is 346 g/mol. The highest BCUT2D eigenvalue weighted by Gasteiger charge is 2.38. The molecule has 1 saturated carbocycles. The van der Waals surface area contributed by atoms with Crippen LogP contribution in [0, 0.1) is 17.8 Å². The first-order valence-electron chi connectivity index (χ1n) is 8.77. The fourth-order valence-electron chi connectivity index (χ4n) is 3.84. The molecule has 0 aromatic carbocycles. The van der Waals surface area contributed by atoms with Crippen LogP contribution in [0.3, 0.4) is 0 Å². The van der Waals surface area contributed by atoms with E-state index in [2.05, 4.69) is 0 Å². The topological polar surface area (TPSA) is 91.8 Å². The molecule has 134 valence electrons. The summed E-state index contributed by atoms with van der Waals surface area (Å²) in [4.78, 5) is 61.7. The van der Waals surface area contributed by atoms with Crippen LogP contribution in [-0.4, -0.2) is 52.3 Å². The molecular weight excluding hydrogens is 324 g/mol. The van der Waals surface area contributed by atoms with Crippen molar-refractivity contribution in [3.05, 3.63) is 12.2 Å². The second-order valence-corrected chi connectivity index (χ2v) is 7.23. The van der Waals surface area contributed by atoms with Gasteiger partial charge >= 0.3 is 0 Å². The zero-order valence-corrected chi connectivity index (χ0v) is 14.3. The first-order valence-corrected chi connectivity index (χ1v) is 8.77. The van der Waals surface area contributed by atoms with Crippen LogP contribution in [0.1, 0.15) is 39.0 Å². The molecule has 7 heteroatoms. The van der Waals surface area contributed by atoms with Crippen LogP contribution < -0.4 is 0 Å². The van der Waals surface area contributed by atoms with Gasteiger partial charge in [-0.3, -0.25) is 33.8 Å². The van der Waals surface area contributed by atoms with Gasteiger partial charge in [0, 0.05) is 37.0 Å². The van der Waals surface area contributed by atoms with Gasteiger partial charge in [0.1, 0.15) is 0 Å². The predicted octanol–water partition coefficient (Wildman–Crippen LogP) is 0.682. The highest BCUT2D eigenvalue weighted by molar-refractivity contribution is 6.12. The first kappa shape index (κ1) is 17.5. The van der Waals surface area contributed by atoms with Crippen molar-refractivity contribution in [2.24, 2.45) is 17.8 Å². The van der Waals surface area contributed by atoms with Crippen LogP contribution in [0.4, 0.5) is 0 Å². The average Bonchev–Trinajstić information content (AvgIpc) is 3.02. The summed E-state index contributed by atoms with van der Waals surface area (Å²) < 4.78 is 0. The summed E-state index contributed by atoms with van der Waals surface area (Å²) in [6, 6.07) is 0. The molecule has 25 heavy (non-hydrogen) atoms. The summed E-state index contributed by atoms with van der Waals surface area (Å²) in [6.07, 6.45) is 5.59. The number of nitrogens with zero attached hydrogens (tertiary/aromatic N) is 2. The highest BCUT2D eigenvalue weighted by Crippen LogP contribution is 2.31. The minimum absolute atomic E-state index is 0.0655. The molecule has 0 spiro atoms. The van der Waals surface area contributed by atoms with E-state index in [1.54, 1.807) is 6.92 Å². The molecule has 7 nitrogen and oxygen atoms in total. The Balaban J connectivity index is 1.48. The van der Waals surface area contributed by atoms with Crippen LogP contribution in [0.25, 0.3) is 0 Å². The molecule has 2 aliphatic heterocycles. The number of hydrogen-bond acceptors (Lipinski definition) is 5. The van der Waals surface area contributed by atoms with Crippen LogP contribution >= 0.6 is 0 Å². The zero-order valence-electron chi connectivity index (χ0n) is 14.3. The highest BCUT2D eigenvalue weighted by atomic mass is 16.2. The number of carbonyl (C=O) groups excluding carboxylic acids is 5. The van der Waals surface area contributed by atoms with Gasteiger partial charge in [0.15, 0.2) is 5.78 Å². The molecule has 0 N–H and O–H groups in total. The SMILES string of the molecule is CC1CC(=O)N(CC(=O)C2CCC(CN3C(=O)C=CC3=O)CC2)C1=O. The number of likely N-dealkylation sites (tertiary alicyclic amines) is 1. The van der Waals surface area contributed by atoms with E-state index in [0.717, 1.165) is 17.7 Å². The molecular formula is C18H22N2O5. The van der Waals surface area contributed by atoms with Gasteiger partial charge in [-0.25, -0.2) is 0 Å². The lowest BCUT2D eigenvalue weighted by Gasteiger charge is -2.30. The van der Waals surface area contributed by atoms with Crippen molar-refractivity contribution in [1.82, 2.24) is 9.80 Å². The van der Waals surface area contributed by atoms with E-state index in [1.165, 1.54) is 17.1 Å². The Morgan fingerprint density at radius 1 is 1.00 bits per heavy atom. The van der Waals surface area contributed by atoms with E-state index in [4.69, 9.17) is 0 Å². The van der Waals surface area contributed by atoms with E-state index >= 15 is 0 Å². The van der Waals surface area contributed by atoms with Crippen molar-refractivity contribution in [1.29, 1.82) is 0 Å². The lowest BCUT2D eigenvalue weighted by molar-refractivity contribution is -0.143. The Kier molecular flexibility index (Phi) is 4.83. The average molecular weight is 346 g/mol. The third-order valence-corrected chi connectivity index (χ3v) is 5.43. The molecule has 3 rings (SSSR count). The number of Topliss-reactive ketones (excluding diaryl/α,β-unsaturated/α-hetero) is 1. The molecule has 4 amide bonds. The van der Waals surface area contributed by atoms with Crippen molar-refractivity contribution in [3.63, 3.8) is 0 Å². The second-order valence-electron chi connectivity index (χ2n) is 7.23. The van der Waals surface area contributed by atoms with E-state index in [0.29, 0.717) is 19.4 Å². The Morgan fingerprint density at radius 3 is 2.12 bits per heavy atom. The predicted molar refractivity (Wildman–Crippen MR) is 86.8 cm³/mol.